The summed E-state index contributed by atoms with van der Waals surface area (Å²) < 4.78 is 0. The molecule has 2 N–H and O–H groups in total. The van der Waals surface area contributed by atoms with E-state index in [1.165, 1.54) is 12.1 Å². The van der Waals surface area contributed by atoms with Crippen LogP contribution in [0.15, 0.2) is 24.3 Å². The molecule has 1 aliphatic carbocycles. The number of nitrogens with one attached hydrogen (secondary N) is 1. The second-order valence-corrected chi connectivity index (χ2v) is 4.81. The summed E-state index contributed by atoms with van der Waals surface area (Å²) in [5, 5.41) is 23.7. The van der Waals surface area contributed by atoms with Crippen molar-refractivity contribution in [2.75, 3.05) is 6.54 Å². The van der Waals surface area contributed by atoms with E-state index in [9.17, 15) is 15.2 Å². The standard InChI is InChI=1S/C12H16N2O3/c1-12(6-7-12)13-8-11(15)9-2-4-10(5-3-9)14(16)17/h2-5,11,13,15H,6-8H2,1H3. The Labute approximate surface area is 99.6 Å². The Morgan fingerprint density at radius 2 is 2.06 bits per heavy atom. The molecule has 17 heavy (non-hydrogen) atoms. The summed E-state index contributed by atoms with van der Waals surface area (Å²) in [6.07, 6.45) is 1.66. The highest BCUT2D eigenvalue weighted by Crippen LogP contribution is 2.34. The molecule has 0 bridgehead atoms. The maximum Gasteiger partial charge on any atom is 0.269 e. The van der Waals surface area contributed by atoms with Gasteiger partial charge in [-0.1, -0.05) is 0 Å². The highest BCUT2D eigenvalue weighted by atomic mass is 16.6. The van der Waals surface area contributed by atoms with Gasteiger partial charge in [-0.15, -0.1) is 0 Å². The van der Waals surface area contributed by atoms with Crippen LogP contribution in [0.4, 0.5) is 5.69 Å². The van der Waals surface area contributed by atoms with Gasteiger partial charge in [0.2, 0.25) is 0 Å². The molecule has 5 nitrogen and oxygen atoms in total. The molecule has 0 saturated heterocycles. The fourth-order valence-electron chi connectivity index (χ4n) is 1.64. The molecule has 0 heterocycles. The van der Waals surface area contributed by atoms with Crippen molar-refractivity contribution in [2.24, 2.45) is 0 Å². The number of hydrogen-bond acceptors (Lipinski definition) is 4. The van der Waals surface area contributed by atoms with Crippen LogP contribution in [0.2, 0.25) is 0 Å². The molecule has 1 aromatic carbocycles. The average Bonchev–Trinajstić information content (AvgIpc) is 3.05. The monoisotopic (exact) mass is 236 g/mol. The minimum absolute atomic E-state index is 0.0445. The maximum absolute atomic E-state index is 10.5. The summed E-state index contributed by atoms with van der Waals surface area (Å²) in [7, 11) is 0. The average molecular weight is 236 g/mol. The Morgan fingerprint density at radius 3 is 2.53 bits per heavy atom. The molecule has 1 atom stereocenters. The van der Waals surface area contributed by atoms with Crippen LogP contribution >= 0.6 is 0 Å². The van der Waals surface area contributed by atoms with Gasteiger partial charge in [0.05, 0.1) is 11.0 Å². The van der Waals surface area contributed by atoms with E-state index in [-0.39, 0.29) is 11.2 Å². The second kappa shape index (κ2) is 4.43. The first-order chi connectivity index (χ1) is 8.00. The van der Waals surface area contributed by atoms with Crippen molar-refractivity contribution in [3.63, 3.8) is 0 Å². The Kier molecular flexibility index (Phi) is 3.13. The lowest BCUT2D eigenvalue weighted by molar-refractivity contribution is -0.384. The fourth-order valence-corrected chi connectivity index (χ4v) is 1.64. The molecule has 0 amide bonds. The molecule has 0 radical (unpaired) electrons. The van der Waals surface area contributed by atoms with Crippen molar-refractivity contribution in [1.82, 2.24) is 5.32 Å². The van der Waals surface area contributed by atoms with Gasteiger partial charge in [-0.3, -0.25) is 10.1 Å². The Bertz CT molecular complexity index is 412. The summed E-state index contributed by atoms with van der Waals surface area (Å²) in [5.74, 6) is 0. The number of β-amino-alcohol motifs (C(OH)–C–C–N with tert-alkyl or cyclic N) is 1. The zero-order valence-electron chi connectivity index (χ0n) is 9.72. The van der Waals surface area contributed by atoms with Crippen molar-refractivity contribution in [2.45, 2.75) is 31.4 Å². The topological polar surface area (TPSA) is 75.4 Å². The molecule has 1 fully saturated rings. The third-order valence-electron chi connectivity index (χ3n) is 3.21. The van der Waals surface area contributed by atoms with E-state index in [1.807, 2.05) is 0 Å². The smallest absolute Gasteiger partial charge is 0.269 e. The lowest BCUT2D eigenvalue weighted by atomic mass is 10.1. The zero-order valence-corrected chi connectivity index (χ0v) is 9.72. The van der Waals surface area contributed by atoms with E-state index in [0.29, 0.717) is 12.1 Å². The molecule has 0 aliphatic heterocycles. The minimum Gasteiger partial charge on any atom is -0.387 e. The number of nitro groups is 1. The molecule has 1 aromatic rings. The zero-order chi connectivity index (χ0) is 12.5. The molecule has 1 aliphatic rings. The summed E-state index contributed by atoms with van der Waals surface area (Å²) in [6.45, 7) is 2.60. The highest BCUT2D eigenvalue weighted by Gasteiger charge is 2.36. The first kappa shape index (κ1) is 12.0. The van der Waals surface area contributed by atoms with Gasteiger partial charge in [-0.25, -0.2) is 0 Å². The van der Waals surface area contributed by atoms with Crippen molar-refractivity contribution < 1.29 is 10.0 Å². The van der Waals surface area contributed by atoms with Gasteiger partial charge in [-0.05, 0) is 37.5 Å². The van der Waals surface area contributed by atoms with Crippen molar-refractivity contribution in [3.05, 3.63) is 39.9 Å². The molecule has 1 saturated carbocycles. The first-order valence-corrected chi connectivity index (χ1v) is 5.68. The predicted octanol–water partition coefficient (Wildman–Crippen LogP) is 1.77. The van der Waals surface area contributed by atoms with Crippen LogP contribution in [0.5, 0.6) is 0 Å². The molecule has 1 unspecified atom stereocenters. The number of nitro benzene ring substituents is 1. The van der Waals surface area contributed by atoms with E-state index in [1.54, 1.807) is 12.1 Å². The van der Waals surface area contributed by atoms with Gasteiger partial charge in [0, 0.05) is 24.2 Å². The van der Waals surface area contributed by atoms with Crippen LogP contribution < -0.4 is 5.32 Å². The summed E-state index contributed by atoms with van der Waals surface area (Å²) in [5.41, 5.74) is 0.928. The van der Waals surface area contributed by atoms with E-state index in [0.717, 1.165) is 12.8 Å². The fraction of sp³-hybridized carbons (Fsp3) is 0.500. The summed E-state index contributed by atoms with van der Waals surface area (Å²) in [6, 6.07) is 6.02. The number of non-ortho nitro benzene ring substituents is 1. The largest absolute Gasteiger partial charge is 0.387 e. The Balaban J connectivity index is 1.94. The lowest BCUT2D eigenvalue weighted by Crippen LogP contribution is -2.31. The third kappa shape index (κ3) is 3.01. The SMILES string of the molecule is CC1(NCC(O)c2ccc([N+](=O)[O-])cc2)CC1. The molecule has 92 valence electrons. The van der Waals surface area contributed by atoms with E-state index in [4.69, 9.17) is 0 Å². The molecule has 0 spiro atoms. The van der Waals surface area contributed by atoms with E-state index < -0.39 is 11.0 Å². The van der Waals surface area contributed by atoms with Crippen LogP contribution in [0.25, 0.3) is 0 Å². The molecule has 0 aromatic heterocycles. The van der Waals surface area contributed by atoms with Crippen molar-refractivity contribution in [1.29, 1.82) is 0 Å². The van der Waals surface area contributed by atoms with Crippen LogP contribution in [0.1, 0.15) is 31.4 Å². The summed E-state index contributed by atoms with van der Waals surface area (Å²) in [4.78, 5) is 10.0. The van der Waals surface area contributed by atoms with Crippen LogP contribution in [0, 0.1) is 10.1 Å². The quantitative estimate of drug-likeness (QED) is 0.603. The number of hydrogen-bond donors (Lipinski definition) is 2. The molecule has 5 heteroatoms. The van der Waals surface area contributed by atoms with Crippen molar-refractivity contribution >= 4 is 5.69 Å². The Morgan fingerprint density at radius 1 is 1.47 bits per heavy atom. The van der Waals surface area contributed by atoms with E-state index >= 15 is 0 Å². The second-order valence-electron chi connectivity index (χ2n) is 4.81. The normalized spacial score (nSPS) is 18.7. The molecular formula is C12H16N2O3. The van der Waals surface area contributed by atoms with Gasteiger partial charge < -0.3 is 10.4 Å². The van der Waals surface area contributed by atoms with Gasteiger partial charge in [0.1, 0.15) is 0 Å². The van der Waals surface area contributed by atoms with Crippen LogP contribution in [-0.2, 0) is 0 Å². The minimum atomic E-state index is -0.617. The lowest BCUT2D eigenvalue weighted by Gasteiger charge is -2.16. The summed E-state index contributed by atoms with van der Waals surface area (Å²) >= 11 is 0. The third-order valence-corrected chi connectivity index (χ3v) is 3.21. The van der Waals surface area contributed by atoms with Crippen molar-refractivity contribution in [3.8, 4) is 0 Å². The maximum atomic E-state index is 10.5. The number of nitrogens with zero attached hydrogens (tertiary/aromatic N) is 1. The molecule has 2 rings (SSSR count). The van der Waals surface area contributed by atoms with E-state index in [2.05, 4.69) is 12.2 Å². The first-order valence-electron chi connectivity index (χ1n) is 5.68. The number of aliphatic hydroxyl groups is 1. The Hall–Kier alpha value is -1.46. The van der Waals surface area contributed by atoms with Gasteiger partial charge in [0.15, 0.2) is 0 Å². The number of benzene rings is 1. The van der Waals surface area contributed by atoms with Gasteiger partial charge >= 0.3 is 0 Å². The van der Waals surface area contributed by atoms with Crippen LogP contribution in [0.3, 0.4) is 0 Å². The number of rotatable bonds is 5. The van der Waals surface area contributed by atoms with Gasteiger partial charge in [-0.2, -0.15) is 0 Å². The molecular weight excluding hydrogens is 220 g/mol. The predicted molar refractivity (Wildman–Crippen MR) is 63.7 cm³/mol. The van der Waals surface area contributed by atoms with Crippen LogP contribution in [-0.4, -0.2) is 22.1 Å². The highest BCUT2D eigenvalue weighted by molar-refractivity contribution is 5.33. The van der Waals surface area contributed by atoms with Gasteiger partial charge in [0.25, 0.3) is 5.69 Å². The number of aliphatic hydroxyl groups excluding tert-OH is 1.